The number of amides is 1. The van der Waals surface area contributed by atoms with Gasteiger partial charge in [0.2, 0.25) is 11.9 Å². The van der Waals surface area contributed by atoms with E-state index in [1.807, 2.05) is 13.8 Å². The van der Waals surface area contributed by atoms with Crippen molar-refractivity contribution in [3.8, 4) is 12.0 Å². The summed E-state index contributed by atoms with van der Waals surface area (Å²) < 4.78 is 9.90. The zero-order valence-corrected chi connectivity index (χ0v) is 12.5. The number of likely N-dealkylation sites (N-methyl/N-ethyl adjacent to an activating group) is 1. The second kappa shape index (κ2) is 7.46. The van der Waals surface area contributed by atoms with Gasteiger partial charge in [-0.1, -0.05) is 0 Å². The summed E-state index contributed by atoms with van der Waals surface area (Å²) in [5, 5.41) is 2.93. The van der Waals surface area contributed by atoms with Crippen LogP contribution in [0.1, 0.15) is 20.8 Å². The van der Waals surface area contributed by atoms with Crippen LogP contribution in [0.5, 0.6) is 12.0 Å². The molecule has 0 spiro atoms. The Labute approximate surface area is 118 Å². The van der Waals surface area contributed by atoms with E-state index in [0.29, 0.717) is 13.1 Å². The highest BCUT2D eigenvalue weighted by molar-refractivity contribution is 5.83. The smallest absolute Gasteiger partial charge is 0.324 e. The number of hydrogen-bond acceptors (Lipinski definition) is 7. The molecule has 1 heterocycles. The van der Waals surface area contributed by atoms with Crippen molar-refractivity contribution < 1.29 is 14.3 Å². The molecule has 8 heteroatoms. The predicted octanol–water partition coefficient (Wildman–Crippen LogP) is 0.558. The standard InChI is InChI=1S/C12H21N5O3/c1-6-17(7-2)9(18)8(3)13-10-14-11(19-4)16-12(15-10)20-5/h8H,6-7H2,1-5H3,(H,13,14,15,16). The number of rotatable bonds is 7. The summed E-state index contributed by atoms with van der Waals surface area (Å²) >= 11 is 0. The summed E-state index contributed by atoms with van der Waals surface area (Å²) in [5.74, 6) is 0.218. The highest BCUT2D eigenvalue weighted by Gasteiger charge is 2.19. The molecule has 0 aliphatic heterocycles. The van der Waals surface area contributed by atoms with Gasteiger partial charge in [0.25, 0.3) is 0 Å². The van der Waals surface area contributed by atoms with Gasteiger partial charge in [-0.3, -0.25) is 4.79 Å². The first-order valence-corrected chi connectivity index (χ1v) is 6.45. The van der Waals surface area contributed by atoms with Gasteiger partial charge < -0.3 is 19.7 Å². The van der Waals surface area contributed by atoms with Gasteiger partial charge in [-0.2, -0.15) is 9.97 Å². The molecular weight excluding hydrogens is 262 g/mol. The van der Waals surface area contributed by atoms with Gasteiger partial charge in [0.15, 0.2) is 0 Å². The van der Waals surface area contributed by atoms with Crippen LogP contribution in [0.25, 0.3) is 0 Å². The topological polar surface area (TPSA) is 89.5 Å². The Morgan fingerprint density at radius 1 is 1.15 bits per heavy atom. The van der Waals surface area contributed by atoms with Crippen molar-refractivity contribution in [3.63, 3.8) is 0 Å². The third-order valence-electron chi connectivity index (χ3n) is 2.75. The number of nitrogens with zero attached hydrogens (tertiary/aromatic N) is 4. The van der Waals surface area contributed by atoms with Crippen molar-refractivity contribution >= 4 is 11.9 Å². The SMILES string of the molecule is CCN(CC)C(=O)C(C)Nc1nc(OC)nc(OC)n1. The maximum Gasteiger partial charge on any atom is 0.324 e. The molecule has 1 rings (SSSR count). The first kappa shape index (κ1) is 15.9. The van der Waals surface area contributed by atoms with Crippen molar-refractivity contribution in [2.24, 2.45) is 0 Å². The quantitative estimate of drug-likeness (QED) is 0.781. The summed E-state index contributed by atoms with van der Waals surface area (Å²) in [6.45, 7) is 6.94. The summed E-state index contributed by atoms with van der Waals surface area (Å²) in [5.41, 5.74) is 0. The van der Waals surface area contributed by atoms with Crippen molar-refractivity contribution in [2.45, 2.75) is 26.8 Å². The molecule has 0 radical (unpaired) electrons. The zero-order chi connectivity index (χ0) is 15.1. The molecule has 1 N–H and O–H groups in total. The van der Waals surface area contributed by atoms with Gasteiger partial charge in [-0.25, -0.2) is 0 Å². The third-order valence-corrected chi connectivity index (χ3v) is 2.75. The molecule has 1 amide bonds. The van der Waals surface area contributed by atoms with Crippen LogP contribution in [-0.2, 0) is 4.79 Å². The molecule has 8 nitrogen and oxygen atoms in total. The Hall–Kier alpha value is -2.12. The predicted molar refractivity (Wildman–Crippen MR) is 73.9 cm³/mol. The largest absolute Gasteiger partial charge is 0.467 e. The Kier molecular flexibility index (Phi) is 5.95. The minimum Gasteiger partial charge on any atom is -0.467 e. The summed E-state index contributed by atoms with van der Waals surface area (Å²) in [4.78, 5) is 25.8. The number of nitrogens with one attached hydrogen (secondary N) is 1. The minimum absolute atomic E-state index is 0.0201. The lowest BCUT2D eigenvalue weighted by Gasteiger charge is -2.23. The fourth-order valence-electron chi connectivity index (χ4n) is 1.65. The van der Waals surface area contributed by atoms with Crippen molar-refractivity contribution in [1.82, 2.24) is 19.9 Å². The molecule has 1 unspecified atom stereocenters. The lowest BCUT2D eigenvalue weighted by atomic mass is 10.3. The monoisotopic (exact) mass is 283 g/mol. The van der Waals surface area contributed by atoms with Crippen LogP contribution in [0.4, 0.5) is 5.95 Å². The molecule has 0 saturated carbocycles. The molecule has 1 atom stereocenters. The van der Waals surface area contributed by atoms with Gasteiger partial charge in [0, 0.05) is 13.1 Å². The van der Waals surface area contributed by atoms with Gasteiger partial charge in [-0.15, -0.1) is 4.98 Å². The first-order chi connectivity index (χ1) is 9.55. The number of hydrogen-bond donors (Lipinski definition) is 1. The zero-order valence-electron chi connectivity index (χ0n) is 12.5. The van der Waals surface area contributed by atoms with Crippen LogP contribution in [0.2, 0.25) is 0 Å². The molecular formula is C12H21N5O3. The van der Waals surface area contributed by atoms with E-state index in [2.05, 4.69) is 20.3 Å². The number of aromatic nitrogens is 3. The summed E-state index contributed by atoms with van der Waals surface area (Å²) in [6.07, 6.45) is 0. The van der Waals surface area contributed by atoms with E-state index in [-0.39, 0.29) is 23.9 Å². The average Bonchev–Trinajstić information content (AvgIpc) is 2.47. The Bertz CT molecular complexity index is 428. The van der Waals surface area contributed by atoms with Crippen molar-refractivity contribution in [1.29, 1.82) is 0 Å². The van der Waals surface area contributed by atoms with E-state index in [4.69, 9.17) is 9.47 Å². The third kappa shape index (κ3) is 3.94. The normalized spacial score (nSPS) is 11.7. The van der Waals surface area contributed by atoms with Crippen molar-refractivity contribution in [2.75, 3.05) is 32.6 Å². The maximum atomic E-state index is 12.1. The molecule has 20 heavy (non-hydrogen) atoms. The average molecular weight is 283 g/mol. The van der Waals surface area contributed by atoms with Crippen LogP contribution in [-0.4, -0.2) is 59.1 Å². The second-order valence-corrected chi connectivity index (χ2v) is 4.01. The summed E-state index contributed by atoms with van der Waals surface area (Å²) in [7, 11) is 2.89. The van der Waals surface area contributed by atoms with E-state index < -0.39 is 6.04 Å². The highest BCUT2D eigenvalue weighted by atomic mass is 16.5. The molecule has 0 fully saturated rings. The fraction of sp³-hybridized carbons (Fsp3) is 0.667. The molecule has 1 aromatic heterocycles. The van der Waals surface area contributed by atoms with E-state index >= 15 is 0 Å². The molecule has 0 aliphatic rings. The fourth-order valence-corrected chi connectivity index (χ4v) is 1.65. The van der Waals surface area contributed by atoms with Gasteiger partial charge in [0.1, 0.15) is 6.04 Å². The number of ether oxygens (including phenoxy) is 2. The highest BCUT2D eigenvalue weighted by Crippen LogP contribution is 2.13. The molecule has 0 aliphatic carbocycles. The number of carbonyl (C=O) groups is 1. The molecule has 112 valence electrons. The van der Waals surface area contributed by atoms with Gasteiger partial charge in [0.05, 0.1) is 14.2 Å². The van der Waals surface area contributed by atoms with Crippen LogP contribution in [0.15, 0.2) is 0 Å². The van der Waals surface area contributed by atoms with E-state index in [1.165, 1.54) is 14.2 Å². The Morgan fingerprint density at radius 3 is 2.05 bits per heavy atom. The number of methoxy groups -OCH3 is 2. The van der Waals surface area contributed by atoms with Crippen LogP contribution in [0, 0.1) is 0 Å². The van der Waals surface area contributed by atoms with Gasteiger partial charge >= 0.3 is 12.0 Å². The van der Waals surface area contributed by atoms with Gasteiger partial charge in [-0.05, 0) is 20.8 Å². The second-order valence-electron chi connectivity index (χ2n) is 4.01. The van der Waals surface area contributed by atoms with Crippen LogP contribution in [0.3, 0.4) is 0 Å². The lowest BCUT2D eigenvalue weighted by molar-refractivity contribution is -0.131. The molecule has 1 aromatic rings. The Balaban J connectivity index is 2.84. The minimum atomic E-state index is -0.452. The van der Waals surface area contributed by atoms with E-state index in [1.54, 1.807) is 11.8 Å². The van der Waals surface area contributed by atoms with E-state index in [9.17, 15) is 4.79 Å². The van der Waals surface area contributed by atoms with E-state index in [0.717, 1.165) is 0 Å². The van der Waals surface area contributed by atoms with Crippen LogP contribution < -0.4 is 14.8 Å². The Morgan fingerprint density at radius 2 is 1.65 bits per heavy atom. The number of anilines is 1. The maximum absolute atomic E-state index is 12.1. The molecule has 0 saturated heterocycles. The molecule has 0 bridgehead atoms. The number of carbonyl (C=O) groups excluding carboxylic acids is 1. The molecule has 0 aromatic carbocycles. The van der Waals surface area contributed by atoms with Crippen LogP contribution >= 0.6 is 0 Å². The van der Waals surface area contributed by atoms with Crippen molar-refractivity contribution in [3.05, 3.63) is 0 Å². The lowest BCUT2D eigenvalue weighted by Crippen LogP contribution is -2.41. The summed E-state index contributed by atoms with van der Waals surface area (Å²) in [6, 6.07) is -0.199. The first-order valence-electron chi connectivity index (χ1n) is 6.45.